The number of para-hydroxylation sites is 1. The van der Waals surface area contributed by atoms with Crippen molar-refractivity contribution in [3.05, 3.63) is 96.1 Å². The van der Waals surface area contributed by atoms with Gasteiger partial charge in [-0.25, -0.2) is 0 Å². The summed E-state index contributed by atoms with van der Waals surface area (Å²) in [6.45, 7) is 1.27. The second-order valence-electron chi connectivity index (χ2n) is 6.39. The molecule has 0 aliphatic carbocycles. The minimum atomic E-state index is -4.92. The molecule has 3 aromatic rings. The van der Waals surface area contributed by atoms with Crippen molar-refractivity contribution in [2.45, 2.75) is 12.8 Å². The Morgan fingerprint density at radius 1 is 0.871 bits per heavy atom. The van der Waals surface area contributed by atoms with Crippen molar-refractivity contribution >= 4 is 36.1 Å². The number of carboxylic acids is 1. The van der Waals surface area contributed by atoms with Crippen LogP contribution in [0.2, 0.25) is 0 Å². The number of aliphatic carboxylic acids is 1. The van der Waals surface area contributed by atoms with Crippen LogP contribution in [0.1, 0.15) is 24.0 Å². The first-order valence-corrected chi connectivity index (χ1v) is 12.4. The fraction of sp³-hybridized carbons (Fsp3) is 0.0909. The van der Waals surface area contributed by atoms with Crippen molar-refractivity contribution in [2.24, 2.45) is 0 Å². The van der Waals surface area contributed by atoms with Crippen LogP contribution in [-0.4, -0.2) is 40.5 Å². The van der Waals surface area contributed by atoms with E-state index in [9.17, 15) is 22.5 Å². The number of carboxylic acid groups (broad SMARTS) is 1. The molecule has 0 saturated carbocycles. The minimum Gasteiger partial charge on any atom is -0.481 e. The summed E-state index contributed by atoms with van der Waals surface area (Å²) >= 11 is -4.92. The average molecular weight is 487 g/mol. The maximum absolute atomic E-state index is 11.4. The van der Waals surface area contributed by atoms with Gasteiger partial charge >= 0.3 is 94.4 Å². The minimum absolute atomic E-state index is 0.103. The van der Waals surface area contributed by atoms with Gasteiger partial charge in [0.15, 0.2) is 0 Å². The molecular weight excluding hydrogens is 465 g/mol. The van der Waals surface area contributed by atoms with Crippen LogP contribution in [-0.2, 0) is 17.2 Å². The van der Waals surface area contributed by atoms with Crippen LogP contribution in [0.3, 0.4) is 0 Å². The molecule has 31 heavy (non-hydrogen) atoms. The molecule has 1 amide bonds. The van der Waals surface area contributed by atoms with E-state index in [-0.39, 0.29) is 15.9 Å². The molecule has 0 aromatic heterocycles. The zero-order valence-corrected chi connectivity index (χ0v) is 18.5. The maximum Gasteiger partial charge on any atom is 0.315 e. The molecule has 0 fully saturated rings. The van der Waals surface area contributed by atoms with Gasteiger partial charge < -0.3 is 5.11 Å². The Labute approximate surface area is 182 Å². The third kappa shape index (κ3) is 6.94. The normalized spacial score (nSPS) is 12.3. The quantitative estimate of drug-likeness (QED) is 0.239. The number of anilines is 1. The molecule has 3 aromatic carbocycles. The first-order chi connectivity index (χ1) is 14.8. The summed E-state index contributed by atoms with van der Waals surface area (Å²) in [5.41, 5.74) is 1.77. The molecule has 0 radical (unpaired) electrons. The number of nitrogens with one attached hydrogen (secondary N) is 1. The van der Waals surface area contributed by atoms with E-state index in [0.717, 1.165) is 11.1 Å². The molecule has 1 unspecified atom stereocenters. The summed E-state index contributed by atoms with van der Waals surface area (Å²) in [6.07, 6.45) is 0. The topological polar surface area (TPSA) is 133 Å². The molecular formula is C22H22AsNO7. The third-order valence-electron chi connectivity index (χ3n) is 4.14. The Hall–Kier alpha value is -3.16. The van der Waals surface area contributed by atoms with E-state index in [1.807, 2.05) is 60.7 Å². The van der Waals surface area contributed by atoms with Gasteiger partial charge in [0.1, 0.15) is 5.92 Å². The van der Waals surface area contributed by atoms with Crippen LogP contribution in [0.5, 0.6) is 0 Å². The summed E-state index contributed by atoms with van der Waals surface area (Å²) in [5, 5.41) is 20.0. The maximum atomic E-state index is 11.4. The van der Waals surface area contributed by atoms with Crippen LogP contribution in [0.25, 0.3) is 0 Å². The number of carbonyl (C=O) groups excluding carboxylic acids is 1. The fourth-order valence-electron chi connectivity index (χ4n) is 2.83. The number of hydrogen-bond donors (Lipinski definition) is 4. The number of rotatable bonds is 6. The van der Waals surface area contributed by atoms with E-state index in [2.05, 4.69) is 9.19 Å². The van der Waals surface area contributed by atoms with E-state index < -0.39 is 26.1 Å². The number of amides is 1. The SMILES string of the molecule is CC(=O)Nc1ccccc1[As](=O)(O)OO.O=C(O)C(c1ccccc1)c1ccccc1. The van der Waals surface area contributed by atoms with E-state index in [1.54, 1.807) is 6.07 Å². The Bertz CT molecular complexity index is 1020. The molecule has 0 saturated heterocycles. The Balaban J connectivity index is 0.000000221. The van der Waals surface area contributed by atoms with Crippen molar-refractivity contribution in [2.75, 3.05) is 5.32 Å². The van der Waals surface area contributed by atoms with Gasteiger partial charge in [0.05, 0.1) is 0 Å². The van der Waals surface area contributed by atoms with Crippen molar-refractivity contribution in [3.8, 4) is 0 Å². The largest absolute Gasteiger partial charge is 0.481 e. The molecule has 8 nitrogen and oxygen atoms in total. The second-order valence-corrected chi connectivity index (χ2v) is 9.93. The number of hydrogen-bond acceptors (Lipinski definition) is 5. The van der Waals surface area contributed by atoms with Crippen molar-refractivity contribution < 1.29 is 31.7 Å². The summed E-state index contributed by atoms with van der Waals surface area (Å²) in [5.74, 6) is -1.78. The first kappa shape index (κ1) is 24.1. The van der Waals surface area contributed by atoms with Crippen molar-refractivity contribution in [3.63, 3.8) is 0 Å². The Kier molecular flexibility index (Phi) is 8.78. The molecule has 0 aliphatic rings. The van der Waals surface area contributed by atoms with Gasteiger partial charge in [0, 0.05) is 0 Å². The molecule has 0 aliphatic heterocycles. The molecule has 9 heteroatoms. The fourth-order valence-corrected chi connectivity index (χ4v) is 4.50. The first-order valence-electron chi connectivity index (χ1n) is 9.12. The van der Waals surface area contributed by atoms with Gasteiger partial charge in [-0.2, -0.15) is 0 Å². The van der Waals surface area contributed by atoms with E-state index >= 15 is 0 Å². The average Bonchev–Trinajstić information content (AvgIpc) is 2.75. The van der Waals surface area contributed by atoms with Crippen LogP contribution < -0.4 is 9.67 Å². The summed E-state index contributed by atoms with van der Waals surface area (Å²) in [6, 6.07) is 24.4. The van der Waals surface area contributed by atoms with Crippen LogP contribution in [0.4, 0.5) is 5.69 Å². The standard InChI is InChI=1S/C14H12O2.C8H10AsNO5/c15-14(16)13(11-7-3-1-4-8-11)12-9-5-2-6-10-12;1-6(11)10-8-5-3-2-4-7(8)9(12,13)15-14/h1-10,13H,(H,15,16);2-5,14H,1H3,(H,10,11)(H,12,13). The zero-order chi connectivity index (χ0) is 22.9. The van der Waals surface area contributed by atoms with E-state index in [0.29, 0.717) is 0 Å². The molecule has 1 atom stereocenters. The Morgan fingerprint density at radius 3 is 1.74 bits per heavy atom. The molecule has 3 rings (SSSR count). The van der Waals surface area contributed by atoms with Gasteiger partial charge in [-0.3, -0.25) is 4.79 Å². The van der Waals surface area contributed by atoms with E-state index in [4.69, 9.17) is 5.26 Å². The number of carbonyl (C=O) groups is 2. The summed E-state index contributed by atoms with van der Waals surface area (Å²) in [7, 11) is 0. The summed E-state index contributed by atoms with van der Waals surface area (Å²) in [4.78, 5) is 22.1. The third-order valence-corrected chi connectivity index (χ3v) is 6.70. The molecule has 0 spiro atoms. The van der Waals surface area contributed by atoms with Gasteiger partial charge in [-0.1, -0.05) is 60.7 Å². The zero-order valence-electron chi connectivity index (χ0n) is 16.6. The summed E-state index contributed by atoms with van der Waals surface area (Å²) < 4.78 is 24.1. The van der Waals surface area contributed by atoms with Crippen molar-refractivity contribution in [1.82, 2.24) is 0 Å². The van der Waals surface area contributed by atoms with Crippen molar-refractivity contribution in [1.29, 1.82) is 0 Å². The van der Waals surface area contributed by atoms with Gasteiger partial charge in [-0.15, -0.1) is 0 Å². The monoisotopic (exact) mass is 487 g/mol. The van der Waals surface area contributed by atoms with Crippen LogP contribution in [0.15, 0.2) is 84.9 Å². The van der Waals surface area contributed by atoms with Crippen LogP contribution >= 0.6 is 0 Å². The Morgan fingerprint density at radius 2 is 1.32 bits per heavy atom. The van der Waals surface area contributed by atoms with Crippen LogP contribution in [0, 0.1) is 0 Å². The predicted octanol–water partition coefficient (Wildman–Crippen LogP) is 2.61. The van der Waals surface area contributed by atoms with Gasteiger partial charge in [0.2, 0.25) is 0 Å². The van der Waals surface area contributed by atoms with Gasteiger partial charge in [0.25, 0.3) is 0 Å². The molecule has 0 heterocycles. The smallest absolute Gasteiger partial charge is 0.315 e. The van der Waals surface area contributed by atoms with E-state index in [1.165, 1.54) is 25.1 Å². The molecule has 162 valence electrons. The van der Waals surface area contributed by atoms with Gasteiger partial charge in [-0.05, 0) is 11.1 Å². The predicted molar refractivity (Wildman–Crippen MR) is 115 cm³/mol. The molecule has 4 N–H and O–H groups in total. The molecule has 0 bridgehead atoms. The number of benzene rings is 3. The second kappa shape index (κ2) is 11.3.